The number of hydrogen-bond acceptors (Lipinski definition) is 4. The van der Waals surface area contributed by atoms with Crippen LogP contribution in [0.15, 0.2) is 60.7 Å². The van der Waals surface area contributed by atoms with Crippen LogP contribution in [-0.4, -0.2) is 77.4 Å². The summed E-state index contributed by atoms with van der Waals surface area (Å²) in [5.41, 5.74) is 1.95. The Hall–Kier alpha value is -2.70. The number of nitrogens with zero attached hydrogens (tertiary/aromatic N) is 3. The molecular weight excluding hydrogens is 412 g/mol. The molecule has 3 heterocycles. The molecule has 0 bridgehead atoms. The highest BCUT2D eigenvalue weighted by molar-refractivity contribution is 5.98. The van der Waals surface area contributed by atoms with E-state index in [1.165, 1.54) is 11.1 Å². The van der Waals surface area contributed by atoms with Crippen molar-refractivity contribution in [2.75, 3.05) is 39.3 Å². The average molecular weight is 447 g/mol. The van der Waals surface area contributed by atoms with Crippen molar-refractivity contribution in [1.29, 1.82) is 0 Å². The number of carbonyl (C=O) groups excluding carboxylic acids is 2. The molecule has 33 heavy (non-hydrogen) atoms. The number of benzene rings is 2. The summed E-state index contributed by atoms with van der Waals surface area (Å²) >= 11 is 0. The van der Waals surface area contributed by atoms with Gasteiger partial charge in [-0.3, -0.25) is 14.5 Å². The van der Waals surface area contributed by atoms with Gasteiger partial charge >= 0.3 is 0 Å². The molecule has 1 N–H and O–H groups in total. The van der Waals surface area contributed by atoms with Crippen molar-refractivity contribution >= 4 is 11.8 Å². The smallest absolute Gasteiger partial charge is 0.246 e. The molecule has 6 heteroatoms. The van der Waals surface area contributed by atoms with Crippen LogP contribution in [-0.2, 0) is 22.6 Å². The first kappa shape index (κ1) is 22.1. The van der Waals surface area contributed by atoms with E-state index >= 15 is 0 Å². The van der Waals surface area contributed by atoms with E-state index in [2.05, 4.69) is 63.6 Å². The predicted octanol–water partition coefficient (Wildman–Crippen LogP) is 2.30. The molecule has 174 valence electrons. The second-order valence-electron chi connectivity index (χ2n) is 9.72. The molecule has 1 spiro atoms. The third-order valence-corrected chi connectivity index (χ3v) is 7.66. The Morgan fingerprint density at radius 1 is 0.848 bits per heavy atom. The number of piperazine rings is 1. The SMILES string of the molecule is O=C1CNC(=O)C2(CCN(CCc3ccccc3)CC2)N1C1CCN(Cc2ccccc2)C1. The zero-order chi connectivity index (χ0) is 22.7. The number of rotatable bonds is 6. The first-order chi connectivity index (χ1) is 16.1. The number of amides is 2. The number of nitrogens with one attached hydrogen (secondary N) is 1. The molecule has 1 atom stereocenters. The lowest BCUT2D eigenvalue weighted by Gasteiger charge is -2.52. The van der Waals surface area contributed by atoms with E-state index in [1.807, 2.05) is 17.0 Å². The monoisotopic (exact) mass is 446 g/mol. The summed E-state index contributed by atoms with van der Waals surface area (Å²) in [5.74, 6) is 0.130. The molecule has 5 rings (SSSR count). The second kappa shape index (κ2) is 9.65. The van der Waals surface area contributed by atoms with Gasteiger partial charge < -0.3 is 15.1 Å². The molecule has 0 saturated carbocycles. The van der Waals surface area contributed by atoms with E-state index in [0.29, 0.717) is 12.8 Å². The minimum atomic E-state index is -0.688. The van der Waals surface area contributed by atoms with Gasteiger partial charge in [-0.2, -0.15) is 0 Å². The van der Waals surface area contributed by atoms with E-state index in [9.17, 15) is 9.59 Å². The van der Waals surface area contributed by atoms with Gasteiger partial charge in [-0.05, 0) is 36.8 Å². The topological polar surface area (TPSA) is 55.9 Å². The highest BCUT2D eigenvalue weighted by atomic mass is 16.2. The number of piperidine rings is 1. The highest BCUT2D eigenvalue weighted by Gasteiger charge is 2.53. The average Bonchev–Trinajstić information content (AvgIpc) is 3.30. The maximum absolute atomic E-state index is 13.2. The Kier molecular flexibility index (Phi) is 6.47. The maximum Gasteiger partial charge on any atom is 0.246 e. The van der Waals surface area contributed by atoms with Gasteiger partial charge in [-0.1, -0.05) is 60.7 Å². The zero-order valence-electron chi connectivity index (χ0n) is 19.3. The Morgan fingerprint density at radius 2 is 1.52 bits per heavy atom. The fourth-order valence-electron chi connectivity index (χ4n) is 5.86. The molecule has 0 aromatic heterocycles. The molecule has 6 nitrogen and oxygen atoms in total. The van der Waals surface area contributed by atoms with Crippen LogP contribution in [0.2, 0.25) is 0 Å². The molecule has 2 amide bonds. The summed E-state index contributed by atoms with van der Waals surface area (Å²) in [5, 5.41) is 2.91. The van der Waals surface area contributed by atoms with E-state index in [4.69, 9.17) is 0 Å². The lowest BCUT2D eigenvalue weighted by atomic mass is 9.81. The summed E-state index contributed by atoms with van der Waals surface area (Å²) in [6.07, 6.45) is 3.38. The zero-order valence-corrected chi connectivity index (χ0v) is 19.3. The quantitative estimate of drug-likeness (QED) is 0.740. The van der Waals surface area contributed by atoms with Crippen LogP contribution in [0.1, 0.15) is 30.4 Å². The largest absolute Gasteiger partial charge is 0.345 e. The highest BCUT2D eigenvalue weighted by Crippen LogP contribution is 2.36. The van der Waals surface area contributed by atoms with Gasteiger partial charge in [-0.15, -0.1) is 0 Å². The Labute approximate surface area is 196 Å². The Balaban J connectivity index is 1.24. The third-order valence-electron chi connectivity index (χ3n) is 7.66. The maximum atomic E-state index is 13.2. The number of carbonyl (C=O) groups is 2. The van der Waals surface area contributed by atoms with Crippen molar-refractivity contribution in [1.82, 2.24) is 20.0 Å². The van der Waals surface area contributed by atoms with Gasteiger partial charge in [0, 0.05) is 45.3 Å². The lowest BCUT2D eigenvalue weighted by Crippen LogP contribution is -2.72. The van der Waals surface area contributed by atoms with Crippen LogP contribution in [0.4, 0.5) is 0 Å². The first-order valence-corrected chi connectivity index (χ1v) is 12.3. The van der Waals surface area contributed by atoms with Crippen molar-refractivity contribution < 1.29 is 9.59 Å². The Morgan fingerprint density at radius 3 is 2.21 bits per heavy atom. The fourth-order valence-corrected chi connectivity index (χ4v) is 5.86. The van der Waals surface area contributed by atoms with E-state index < -0.39 is 5.54 Å². The van der Waals surface area contributed by atoms with Gasteiger partial charge in [-0.25, -0.2) is 0 Å². The van der Waals surface area contributed by atoms with Gasteiger partial charge in [0.05, 0.1) is 6.54 Å². The van der Waals surface area contributed by atoms with Crippen molar-refractivity contribution in [2.24, 2.45) is 0 Å². The van der Waals surface area contributed by atoms with Gasteiger partial charge in [0.2, 0.25) is 11.8 Å². The standard InChI is InChI=1S/C27H34N4O2/c32-25-19-28-26(33)27(13-17-29(18-14-27)15-11-22-7-3-1-4-8-22)31(25)24-12-16-30(21-24)20-23-9-5-2-6-10-23/h1-10,24H,11-21H2,(H,28,33). The summed E-state index contributed by atoms with van der Waals surface area (Å²) < 4.78 is 0. The predicted molar refractivity (Wildman–Crippen MR) is 129 cm³/mol. The summed E-state index contributed by atoms with van der Waals surface area (Å²) in [6.45, 7) is 5.52. The molecule has 0 radical (unpaired) electrons. The van der Waals surface area contributed by atoms with Crippen LogP contribution in [0.3, 0.4) is 0 Å². The molecule has 3 saturated heterocycles. The van der Waals surface area contributed by atoms with Crippen LogP contribution in [0, 0.1) is 0 Å². The van der Waals surface area contributed by atoms with Crippen LogP contribution < -0.4 is 5.32 Å². The molecule has 3 aliphatic rings. The third kappa shape index (κ3) is 4.68. The molecule has 2 aromatic rings. The van der Waals surface area contributed by atoms with E-state index in [1.54, 1.807) is 0 Å². The summed E-state index contributed by atoms with van der Waals surface area (Å²) in [6, 6.07) is 21.1. The van der Waals surface area contributed by atoms with Crippen molar-refractivity contribution in [2.45, 2.75) is 43.8 Å². The molecule has 1 unspecified atom stereocenters. The van der Waals surface area contributed by atoms with E-state index in [-0.39, 0.29) is 24.4 Å². The van der Waals surface area contributed by atoms with Crippen molar-refractivity contribution in [3.05, 3.63) is 71.8 Å². The van der Waals surface area contributed by atoms with Gasteiger partial charge in [0.25, 0.3) is 0 Å². The Bertz CT molecular complexity index is 957. The van der Waals surface area contributed by atoms with Crippen molar-refractivity contribution in [3.8, 4) is 0 Å². The molecule has 3 aliphatic heterocycles. The first-order valence-electron chi connectivity index (χ1n) is 12.3. The van der Waals surface area contributed by atoms with Crippen molar-refractivity contribution in [3.63, 3.8) is 0 Å². The molecule has 2 aromatic carbocycles. The number of hydrogen-bond donors (Lipinski definition) is 1. The minimum absolute atomic E-state index is 0.0475. The van der Waals surface area contributed by atoms with Crippen LogP contribution in [0.25, 0.3) is 0 Å². The minimum Gasteiger partial charge on any atom is -0.345 e. The van der Waals surface area contributed by atoms with Gasteiger partial charge in [0.1, 0.15) is 5.54 Å². The molecular formula is C27H34N4O2. The number of likely N-dealkylation sites (tertiary alicyclic amines) is 2. The second-order valence-corrected chi connectivity index (χ2v) is 9.72. The summed E-state index contributed by atoms with van der Waals surface area (Å²) in [7, 11) is 0. The normalized spacial score (nSPS) is 23.8. The molecule has 3 fully saturated rings. The lowest BCUT2D eigenvalue weighted by molar-refractivity contribution is -0.160. The van der Waals surface area contributed by atoms with Crippen LogP contribution >= 0.6 is 0 Å². The summed E-state index contributed by atoms with van der Waals surface area (Å²) in [4.78, 5) is 33.2. The van der Waals surface area contributed by atoms with Gasteiger partial charge in [0.15, 0.2) is 0 Å². The fraction of sp³-hybridized carbons (Fsp3) is 0.481. The molecule has 0 aliphatic carbocycles. The van der Waals surface area contributed by atoms with E-state index in [0.717, 1.165) is 52.1 Å². The van der Waals surface area contributed by atoms with Crippen LogP contribution in [0.5, 0.6) is 0 Å².